The van der Waals surface area contributed by atoms with Crippen molar-refractivity contribution in [1.82, 2.24) is 4.90 Å². The summed E-state index contributed by atoms with van der Waals surface area (Å²) in [6, 6.07) is 3.39. The fraction of sp³-hybridized carbons (Fsp3) is 0.333. The molecule has 1 aliphatic heterocycles. The van der Waals surface area contributed by atoms with E-state index in [4.69, 9.17) is 5.11 Å². The molecule has 6 heteroatoms. The van der Waals surface area contributed by atoms with Crippen molar-refractivity contribution in [2.24, 2.45) is 0 Å². The Labute approximate surface area is 108 Å². The molecule has 1 aromatic rings. The van der Waals surface area contributed by atoms with Crippen LogP contribution in [0.4, 0.5) is 0 Å². The fourth-order valence-electron chi connectivity index (χ4n) is 1.79. The number of aliphatic hydroxyl groups excluding tert-OH is 1. The molecular formula is C12H13NO4S. The largest absolute Gasteiger partial charge is 0.478 e. The molecule has 2 N–H and O–H groups in total. The number of thiophene rings is 1. The third-order valence-electron chi connectivity index (χ3n) is 2.68. The molecule has 1 fully saturated rings. The number of rotatable bonds is 3. The highest BCUT2D eigenvalue weighted by Gasteiger charge is 2.26. The van der Waals surface area contributed by atoms with Crippen molar-refractivity contribution in [2.75, 3.05) is 13.1 Å². The lowest BCUT2D eigenvalue weighted by Gasteiger charge is -2.13. The van der Waals surface area contributed by atoms with E-state index in [1.807, 2.05) is 0 Å². The van der Waals surface area contributed by atoms with Gasteiger partial charge < -0.3 is 15.1 Å². The number of hydrogen-bond donors (Lipinski definition) is 2. The summed E-state index contributed by atoms with van der Waals surface area (Å²) in [4.78, 5) is 25.3. The summed E-state index contributed by atoms with van der Waals surface area (Å²) in [5, 5.41) is 17.9. The van der Waals surface area contributed by atoms with Crippen LogP contribution in [0.5, 0.6) is 0 Å². The summed E-state index contributed by atoms with van der Waals surface area (Å²) in [7, 11) is 0. The number of aliphatic carboxylic acids is 1. The molecule has 0 radical (unpaired) electrons. The summed E-state index contributed by atoms with van der Waals surface area (Å²) in [6.07, 6.45) is 2.69. The zero-order valence-corrected chi connectivity index (χ0v) is 10.4. The van der Waals surface area contributed by atoms with Crippen molar-refractivity contribution in [3.8, 4) is 0 Å². The molecule has 2 rings (SSSR count). The number of carbonyl (C=O) groups is 2. The van der Waals surface area contributed by atoms with Crippen LogP contribution in [0.15, 0.2) is 18.2 Å². The van der Waals surface area contributed by atoms with Crippen LogP contribution in [0.2, 0.25) is 0 Å². The van der Waals surface area contributed by atoms with Crippen molar-refractivity contribution >= 4 is 29.3 Å². The molecule has 1 atom stereocenters. The van der Waals surface area contributed by atoms with Crippen molar-refractivity contribution in [3.63, 3.8) is 0 Å². The third-order valence-corrected chi connectivity index (χ3v) is 3.72. The molecule has 0 aliphatic carbocycles. The van der Waals surface area contributed by atoms with Gasteiger partial charge in [0.05, 0.1) is 11.0 Å². The molecule has 0 aromatic carbocycles. The van der Waals surface area contributed by atoms with Crippen LogP contribution in [0.1, 0.15) is 21.0 Å². The number of carbonyl (C=O) groups excluding carboxylic acids is 1. The van der Waals surface area contributed by atoms with Gasteiger partial charge >= 0.3 is 5.97 Å². The number of nitrogens with zero attached hydrogens (tertiary/aromatic N) is 1. The predicted molar refractivity (Wildman–Crippen MR) is 67.5 cm³/mol. The van der Waals surface area contributed by atoms with Gasteiger partial charge in [-0.1, -0.05) is 0 Å². The fourth-order valence-corrected chi connectivity index (χ4v) is 2.67. The first-order valence-electron chi connectivity index (χ1n) is 5.54. The summed E-state index contributed by atoms with van der Waals surface area (Å²) < 4.78 is 0. The highest BCUT2D eigenvalue weighted by Crippen LogP contribution is 2.21. The molecule has 1 aliphatic rings. The van der Waals surface area contributed by atoms with E-state index in [0.717, 1.165) is 11.0 Å². The summed E-state index contributed by atoms with van der Waals surface area (Å²) in [5.41, 5.74) is 0. The van der Waals surface area contributed by atoms with Gasteiger partial charge in [0.2, 0.25) is 0 Å². The van der Waals surface area contributed by atoms with Crippen LogP contribution in [0.3, 0.4) is 0 Å². The SMILES string of the molecule is O=C(O)C=Cc1ccc(C(=O)N2CCC(O)C2)s1. The highest BCUT2D eigenvalue weighted by molar-refractivity contribution is 7.14. The van der Waals surface area contributed by atoms with E-state index in [2.05, 4.69) is 0 Å². The van der Waals surface area contributed by atoms with Gasteiger partial charge in [-0.2, -0.15) is 0 Å². The van der Waals surface area contributed by atoms with Crippen LogP contribution in [-0.4, -0.2) is 46.2 Å². The Kier molecular flexibility index (Phi) is 3.78. The van der Waals surface area contributed by atoms with Crippen molar-refractivity contribution in [3.05, 3.63) is 28.0 Å². The van der Waals surface area contributed by atoms with Crippen molar-refractivity contribution in [2.45, 2.75) is 12.5 Å². The van der Waals surface area contributed by atoms with Gasteiger partial charge in [-0.3, -0.25) is 4.79 Å². The van der Waals surface area contributed by atoms with Gasteiger partial charge in [0.1, 0.15) is 0 Å². The zero-order valence-electron chi connectivity index (χ0n) is 9.57. The Balaban J connectivity index is 2.05. The summed E-state index contributed by atoms with van der Waals surface area (Å²) in [6.45, 7) is 0.940. The Hall–Kier alpha value is -1.66. The highest BCUT2D eigenvalue weighted by atomic mass is 32.1. The standard InChI is InChI=1S/C12H13NO4S/c14-8-5-6-13(7-8)12(17)10-3-1-9(18-10)2-4-11(15)16/h1-4,8,14H,5-7H2,(H,15,16). The van der Waals surface area contributed by atoms with Crippen LogP contribution >= 0.6 is 11.3 Å². The van der Waals surface area contributed by atoms with Crippen LogP contribution in [-0.2, 0) is 4.79 Å². The number of likely N-dealkylation sites (tertiary alicyclic amines) is 1. The Morgan fingerprint density at radius 3 is 2.83 bits per heavy atom. The second kappa shape index (κ2) is 5.32. The molecule has 2 heterocycles. The smallest absolute Gasteiger partial charge is 0.328 e. The van der Waals surface area contributed by atoms with Gasteiger partial charge in [0.15, 0.2) is 0 Å². The lowest BCUT2D eigenvalue weighted by atomic mass is 10.3. The maximum Gasteiger partial charge on any atom is 0.328 e. The second-order valence-electron chi connectivity index (χ2n) is 4.07. The van der Waals surface area contributed by atoms with E-state index in [1.54, 1.807) is 17.0 Å². The van der Waals surface area contributed by atoms with E-state index >= 15 is 0 Å². The van der Waals surface area contributed by atoms with Crippen molar-refractivity contribution < 1.29 is 19.8 Å². The average molecular weight is 267 g/mol. The molecule has 1 aromatic heterocycles. The van der Waals surface area contributed by atoms with E-state index in [9.17, 15) is 14.7 Å². The first kappa shape index (κ1) is 12.8. The van der Waals surface area contributed by atoms with Gasteiger partial charge in [-0.15, -0.1) is 11.3 Å². The minimum absolute atomic E-state index is 0.105. The van der Waals surface area contributed by atoms with E-state index in [1.165, 1.54) is 17.4 Å². The predicted octanol–water partition coefficient (Wildman–Crippen LogP) is 1.05. The van der Waals surface area contributed by atoms with E-state index in [-0.39, 0.29) is 5.91 Å². The molecular weight excluding hydrogens is 254 g/mol. The van der Waals surface area contributed by atoms with Gasteiger partial charge in [-0.05, 0) is 24.6 Å². The third kappa shape index (κ3) is 2.96. The second-order valence-corrected chi connectivity index (χ2v) is 5.18. The van der Waals surface area contributed by atoms with Gasteiger partial charge in [0.25, 0.3) is 5.91 Å². The number of carboxylic acids is 1. The normalized spacial score (nSPS) is 19.6. The number of carboxylic acid groups (broad SMARTS) is 1. The quantitative estimate of drug-likeness (QED) is 0.802. The van der Waals surface area contributed by atoms with E-state index in [0.29, 0.717) is 24.4 Å². The Bertz CT molecular complexity index is 494. The van der Waals surface area contributed by atoms with Crippen LogP contribution < -0.4 is 0 Å². The van der Waals surface area contributed by atoms with Crippen molar-refractivity contribution in [1.29, 1.82) is 0 Å². The average Bonchev–Trinajstić information content (AvgIpc) is 2.94. The zero-order chi connectivity index (χ0) is 13.1. The molecule has 1 unspecified atom stereocenters. The lowest BCUT2D eigenvalue weighted by molar-refractivity contribution is -0.131. The number of amides is 1. The minimum atomic E-state index is -1.01. The molecule has 0 saturated carbocycles. The number of β-amino-alcohol motifs (C(OH)–C–C–N with tert-alkyl or cyclic N) is 1. The first-order chi connectivity index (χ1) is 8.56. The molecule has 5 nitrogen and oxygen atoms in total. The lowest BCUT2D eigenvalue weighted by Crippen LogP contribution is -2.28. The van der Waals surface area contributed by atoms with Crippen LogP contribution in [0, 0.1) is 0 Å². The molecule has 0 bridgehead atoms. The summed E-state index contributed by atoms with van der Waals surface area (Å²) in [5.74, 6) is -1.12. The molecule has 1 saturated heterocycles. The first-order valence-corrected chi connectivity index (χ1v) is 6.36. The molecule has 0 spiro atoms. The molecule has 1 amide bonds. The minimum Gasteiger partial charge on any atom is -0.478 e. The molecule has 96 valence electrons. The number of hydrogen-bond acceptors (Lipinski definition) is 4. The topological polar surface area (TPSA) is 77.8 Å². The number of aliphatic hydroxyl groups is 1. The van der Waals surface area contributed by atoms with Gasteiger partial charge in [-0.25, -0.2) is 4.79 Å². The molecule has 18 heavy (non-hydrogen) atoms. The maximum atomic E-state index is 12.0. The Morgan fingerprint density at radius 1 is 1.44 bits per heavy atom. The summed E-state index contributed by atoms with van der Waals surface area (Å²) >= 11 is 1.25. The Morgan fingerprint density at radius 2 is 2.22 bits per heavy atom. The van der Waals surface area contributed by atoms with Gasteiger partial charge in [0, 0.05) is 24.0 Å². The monoisotopic (exact) mass is 267 g/mol. The maximum absolute atomic E-state index is 12.0. The van der Waals surface area contributed by atoms with E-state index < -0.39 is 12.1 Å². The van der Waals surface area contributed by atoms with Crippen LogP contribution in [0.25, 0.3) is 6.08 Å².